The lowest BCUT2D eigenvalue weighted by molar-refractivity contribution is -0.538. The highest BCUT2D eigenvalue weighted by Gasteiger charge is 2.16. The van der Waals surface area contributed by atoms with E-state index in [1.54, 1.807) is 0 Å². The molecule has 1 N–H and O–H groups in total. The number of carbonyl (C=O) groups is 1. The molecule has 0 spiro atoms. The van der Waals surface area contributed by atoms with Crippen LogP contribution in [0.3, 0.4) is 0 Å². The van der Waals surface area contributed by atoms with E-state index in [0.717, 1.165) is 4.36 Å². The van der Waals surface area contributed by atoms with Gasteiger partial charge in [0, 0.05) is 30.0 Å². The fourth-order valence-electron chi connectivity index (χ4n) is 1.81. The number of anilines is 1. The van der Waals surface area contributed by atoms with Gasteiger partial charge in [0.1, 0.15) is 4.52 Å². The summed E-state index contributed by atoms with van der Waals surface area (Å²) >= 11 is 0. The zero-order chi connectivity index (χ0) is 17.7. The molecule has 9 heteroatoms. The molecular weight excluding hydrogens is 334 g/mol. The van der Waals surface area contributed by atoms with Crippen molar-refractivity contribution in [2.24, 2.45) is 4.52 Å². The fraction of sp³-hybridized carbons (Fsp3) is 0.133. The van der Waals surface area contributed by atoms with Crippen molar-refractivity contribution in [2.75, 3.05) is 12.4 Å². The molecule has 1 amide bonds. The van der Waals surface area contributed by atoms with Crippen LogP contribution < -0.4 is 20.0 Å². The molecule has 0 fully saturated rings. The van der Waals surface area contributed by atoms with Crippen LogP contribution in [0.25, 0.3) is 5.95 Å². The van der Waals surface area contributed by atoms with Crippen molar-refractivity contribution in [3.05, 3.63) is 54.0 Å². The summed E-state index contributed by atoms with van der Waals surface area (Å²) in [4.78, 5) is 10.9. The number of amides is 1. The SMILES string of the molecule is COC([O-])=c1cc[n+](=NS(=O)(=O)c2ccc(NC(C)=O)cc2)cc1. The molecule has 0 bridgehead atoms. The lowest BCUT2D eigenvalue weighted by Gasteiger charge is -2.06. The predicted octanol–water partition coefficient (Wildman–Crippen LogP) is -0.575. The summed E-state index contributed by atoms with van der Waals surface area (Å²) in [7, 11) is -2.69. The van der Waals surface area contributed by atoms with Crippen molar-refractivity contribution in [3.8, 4) is 0 Å². The number of methoxy groups -OCH3 is 1. The number of hydrogen-bond acceptors (Lipinski definition) is 5. The molecule has 2 rings (SSSR count). The molecule has 8 nitrogen and oxygen atoms in total. The van der Waals surface area contributed by atoms with Gasteiger partial charge in [-0.15, -0.1) is 0 Å². The van der Waals surface area contributed by atoms with Crippen molar-refractivity contribution >= 4 is 27.6 Å². The van der Waals surface area contributed by atoms with Crippen LogP contribution in [0.4, 0.5) is 5.69 Å². The van der Waals surface area contributed by atoms with Gasteiger partial charge in [0.25, 0.3) is 0 Å². The minimum atomic E-state index is -3.94. The Morgan fingerprint density at radius 2 is 1.75 bits per heavy atom. The van der Waals surface area contributed by atoms with E-state index < -0.39 is 16.0 Å². The van der Waals surface area contributed by atoms with Crippen LogP contribution in [0.15, 0.2) is 58.2 Å². The quantitative estimate of drug-likeness (QED) is 0.742. The largest absolute Gasteiger partial charge is 0.616 e. The third-order valence-corrected chi connectivity index (χ3v) is 4.18. The number of hydrogen-bond donors (Lipinski definition) is 1. The summed E-state index contributed by atoms with van der Waals surface area (Å²) in [5, 5.41) is 14.2. The van der Waals surface area contributed by atoms with Crippen molar-refractivity contribution in [1.29, 1.82) is 0 Å². The molecule has 126 valence electrons. The van der Waals surface area contributed by atoms with Gasteiger partial charge < -0.3 is 15.2 Å². The molecule has 0 saturated heterocycles. The van der Waals surface area contributed by atoms with Gasteiger partial charge in [0.05, 0.1) is 10.8 Å². The molecule has 0 atom stereocenters. The number of rotatable bonds is 4. The van der Waals surface area contributed by atoms with Gasteiger partial charge >= 0.3 is 10.0 Å². The van der Waals surface area contributed by atoms with Crippen LogP contribution in [-0.4, -0.2) is 21.4 Å². The summed E-state index contributed by atoms with van der Waals surface area (Å²) in [6, 6.07) is 8.40. The third-order valence-electron chi connectivity index (χ3n) is 2.91. The second-order valence-corrected chi connectivity index (χ2v) is 6.31. The molecule has 24 heavy (non-hydrogen) atoms. The minimum Gasteiger partial charge on any atom is -0.616 e. The van der Waals surface area contributed by atoms with Crippen LogP contribution in [-0.2, 0) is 19.6 Å². The van der Waals surface area contributed by atoms with Crippen molar-refractivity contribution < 1.29 is 27.4 Å². The summed E-state index contributed by atoms with van der Waals surface area (Å²) in [5.74, 6) is -0.782. The van der Waals surface area contributed by atoms with Gasteiger partial charge in [-0.05, 0) is 35.7 Å². The van der Waals surface area contributed by atoms with E-state index in [2.05, 4.69) is 14.6 Å². The molecule has 0 aliphatic heterocycles. The van der Waals surface area contributed by atoms with Crippen LogP contribution in [0.5, 0.6) is 0 Å². The molecule has 2 aromatic rings. The maximum atomic E-state index is 12.2. The van der Waals surface area contributed by atoms with E-state index in [0.29, 0.717) is 5.69 Å². The van der Waals surface area contributed by atoms with Gasteiger partial charge in [-0.25, -0.2) is 0 Å². The average Bonchev–Trinajstić information content (AvgIpc) is 2.54. The van der Waals surface area contributed by atoms with E-state index in [4.69, 9.17) is 0 Å². The maximum absolute atomic E-state index is 12.2. The second-order valence-electron chi connectivity index (χ2n) is 4.72. The highest BCUT2D eigenvalue weighted by atomic mass is 32.2. The third kappa shape index (κ3) is 4.29. The highest BCUT2D eigenvalue weighted by Crippen LogP contribution is 2.15. The molecule has 0 aliphatic carbocycles. The Kier molecular flexibility index (Phi) is 5.14. The number of ether oxygens (including phenoxy) is 1. The zero-order valence-electron chi connectivity index (χ0n) is 13.0. The first-order valence-corrected chi connectivity index (χ1v) is 8.21. The Bertz CT molecular complexity index is 946. The fourth-order valence-corrected chi connectivity index (χ4v) is 2.74. The minimum absolute atomic E-state index is 0.0267. The van der Waals surface area contributed by atoms with E-state index >= 15 is 0 Å². The standard InChI is InChI=1S/C15H15N3O5S/c1-11(19)16-13-3-5-14(6-4-13)24(21,22)17-18-9-7-12(8-10-18)15(20)23-2/h3-10H,1-2H3,(H-,16,17,19,20). The topological polar surface area (TPSA) is 114 Å². The van der Waals surface area contributed by atoms with Gasteiger partial charge in [0.15, 0.2) is 0 Å². The van der Waals surface area contributed by atoms with Gasteiger partial charge in [0.2, 0.25) is 18.3 Å². The number of nitrogens with zero attached hydrogens (tertiary/aromatic N) is 2. The average molecular weight is 349 g/mol. The summed E-state index contributed by atoms with van der Waals surface area (Å²) in [6.07, 6.45) is 2.66. The Balaban J connectivity index is 2.35. The second kappa shape index (κ2) is 7.09. The molecule has 1 heterocycles. The van der Waals surface area contributed by atoms with E-state index in [-0.39, 0.29) is 16.0 Å². The van der Waals surface area contributed by atoms with Gasteiger partial charge in [-0.3, -0.25) is 4.79 Å². The van der Waals surface area contributed by atoms with Crippen molar-refractivity contribution in [1.82, 2.24) is 0 Å². The maximum Gasteiger partial charge on any atom is 0.336 e. The Labute approximate surface area is 138 Å². The molecular formula is C15H15N3O5S. The Morgan fingerprint density at radius 3 is 2.25 bits per heavy atom. The summed E-state index contributed by atoms with van der Waals surface area (Å²) in [6.45, 7) is 1.36. The number of nitrogens with one attached hydrogen (secondary N) is 1. The molecule has 0 saturated carbocycles. The van der Waals surface area contributed by atoms with Crippen molar-refractivity contribution in [3.63, 3.8) is 0 Å². The zero-order valence-corrected chi connectivity index (χ0v) is 13.8. The molecule has 0 aliphatic rings. The number of pyridine rings is 1. The van der Waals surface area contributed by atoms with Gasteiger partial charge in [-0.1, -0.05) is 0 Å². The first kappa shape index (κ1) is 17.4. The molecule has 0 radical (unpaired) electrons. The van der Waals surface area contributed by atoms with E-state index in [1.165, 1.54) is 62.8 Å². The monoisotopic (exact) mass is 349 g/mol. The summed E-state index contributed by atoms with van der Waals surface area (Å²) in [5.41, 5.74) is 0.483. The van der Waals surface area contributed by atoms with E-state index in [9.17, 15) is 18.3 Å². The molecule has 1 aromatic carbocycles. The van der Waals surface area contributed by atoms with Crippen molar-refractivity contribution in [2.45, 2.75) is 11.8 Å². The van der Waals surface area contributed by atoms with Gasteiger partial charge in [-0.2, -0.15) is 8.42 Å². The lowest BCUT2D eigenvalue weighted by atomic mass is 10.3. The molecule has 1 aromatic heterocycles. The first-order valence-electron chi connectivity index (χ1n) is 6.77. The number of carbonyl (C=O) groups excluding carboxylic acids is 1. The molecule has 0 unspecified atom stereocenters. The van der Waals surface area contributed by atoms with Crippen LogP contribution >= 0.6 is 0 Å². The number of benzene rings is 1. The Morgan fingerprint density at radius 1 is 1.17 bits per heavy atom. The highest BCUT2D eigenvalue weighted by molar-refractivity contribution is 7.89. The predicted molar refractivity (Wildman–Crippen MR) is 82.4 cm³/mol. The van der Waals surface area contributed by atoms with Crippen LogP contribution in [0.2, 0.25) is 0 Å². The van der Waals surface area contributed by atoms with Crippen LogP contribution in [0.1, 0.15) is 6.92 Å². The lowest BCUT2D eigenvalue weighted by Crippen LogP contribution is -2.24. The number of aromatic nitrogens is 1. The van der Waals surface area contributed by atoms with E-state index in [1.807, 2.05) is 0 Å². The van der Waals surface area contributed by atoms with Crippen LogP contribution in [0, 0.1) is 0 Å². The smallest absolute Gasteiger partial charge is 0.336 e. The summed E-state index contributed by atoms with van der Waals surface area (Å²) < 4.78 is 33.7. The number of sulfonamides is 1. The Hall–Kier alpha value is -2.94. The first-order chi connectivity index (χ1) is 11.3. The normalized spacial score (nSPS) is 10.8.